The molecule has 0 radical (unpaired) electrons. The van der Waals surface area contributed by atoms with Crippen LogP contribution >= 0.6 is 43.2 Å². The fraction of sp³-hybridized carbons (Fsp3) is 0.222. The Bertz CT molecular complexity index is 976. The maximum absolute atomic E-state index is 8.75. The molecule has 0 saturated carbocycles. The van der Waals surface area contributed by atoms with Gasteiger partial charge in [0.1, 0.15) is 0 Å². The molecule has 5 nitrogen and oxygen atoms in total. The molecule has 0 saturated heterocycles. The van der Waals surface area contributed by atoms with E-state index >= 15 is 0 Å². The first-order valence-electron chi connectivity index (χ1n) is 8.00. The number of hydrogen-bond acceptors (Lipinski definition) is 6. The Hall–Kier alpha value is -1.82. The van der Waals surface area contributed by atoms with Gasteiger partial charge in [0.2, 0.25) is 5.13 Å². The molecule has 26 heavy (non-hydrogen) atoms. The number of halogens is 2. The van der Waals surface area contributed by atoms with E-state index in [4.69, 9.17) is 5.26 Å². The lowest BCUT2D eigenvalue weighted by atomic mass is 10.2. The van der Waals surface area contributed by atoms with Crippen molar-refractivity contribution in [1.29, 1.82) is 5.26 Å². The Balaban J connectivity index is 1.76. The molecular formula is C18H15Br2N5S. The molecule has 0 amide bonds. The van der Waals surface area contributed by atoms with Crippen molar-refractivity contribution in [3.8, 4) is 6.07 Å². The van der Waals surface area contributed by atoms with Crippen LogP contribution in [0.4, 0.5) is 16.5 Å². The van der Waals surface area contributed by atoms with Crippen molar-refractivity contribution in [2.75, 3.05) is 18.0 Å². The van der Waals surface area contributed by atoms with Crippen LogP contribution in [-0.2, 0) is 0 Å². The normalized spacial score (nSPS) is 11.2. The van der Waals surface area contributed by atoms with Gasteiger partial charge in [-0.15, -0.1) is 10.2 Å². The Morgan fingerprint density at radius 3 is 2.65 bits per heavy atom. The SMILES string of the molecule is CCN(CCC#N)c1ccc(N=Nc2nc3c(Br)cc(Br)cc3s2)cc1. The molecule has 0 N–H and O–H groups in total. The topological polar surface area (TPSA) is 64.6 Å². The minimum atomic E-state index is 0.512. The summed E-state index contributed by atoms with van der Waals surface area (Å²) in [6.07, 6.45) is 0.512. The van der Waals surface area contributed by atoms with Crippen molar-refractivity contribution in [2.45, 2.75) is 13.3 Å². The summed E-state index contributed by atoms with van der Waals surface area (Å²) < 4.78 is 2.98. The third-order valence-electron chi connectivity index (χ3n) is 3.74. The Kier molecular flexibility index (Phi) is 6.35. The average molecular weight is 493 g/mol. The number of anilines is 1. The smallest absolute Gasteiger partial charge is 0.231 e. The van der Waals surface area contributed by atoms with E-state index in [1.165, 1.54) is 11.3 Å². The van der Waals surface area contributed by atoms with Gasteiger partial charge in [0.25, 0.3) is 0 Å². The van der Waals surface area contributed by atoms with Gasteiger partial charge >= 0.3 is 0 Å². The van der Waals surface area contributed by atoms with Crippen LogP contribution in [0.3, 0.4) is 0 Å². The van der Waals surface area contributed by atoms with Gasteiger partial charge in [-0.25, -0.2) is 4.98 Å². The van der Waals surface area contributed by atoms with Crippen molar-refractivity contribution in [3.63, 3.8) is 0 Å². The highest BCUT2D eigenvalue weighted by atomic mass is 79.9. The first-order valence-corrected chi connectivity index (χ1v) is 10.4. The average Bonchev–Trinajstić information content (AvgIpc) is 3.05. The number of hydrogen-bond donors (Lipinski definition) is 0. The predicted molar refractivity (Wildman–Crippen MR) is 114 cm³/mol. The Morgan fingerprint density at radius 2 is 1.96 bits per heavy atom. The minimum Gasteiger partial charge on any atom is -0.371 e. The first-order chi connectivity index (χ1) is 12.6. The van der Waals surface area contributed by atoms with Crippen molar-refractivity contribution >= 4 is 69.9 Å². The van der Waals surface area contributed by atoms with Crippen LogP contribution in [0.2, 0.25) is 0 Å². The number of aromatic nitrogens is 1. The molecule has 3 aromatic rings. The maximum Gasteiger partial charge on any atom is 0.231 e. The molecule has 0 unspecified atom stereocenters. The van der Waals surface area contributed by atoms with Crippen LogP contribution in [-0.4, -0.2) is 18.1 Å². The molecule has 0 aliphatic heterocycles. The van der Waals surface area contributed by atoms with E-state index in [0.29, 0.717) is 11.6 Å². The second kappa shape index (κ2) is 8.71. The van der Waals surface area contributed by atoms with Gasteiger partial charge in [-0.05, 0) is 59.3 Å². The summed E-state index contributed by atoms with van der Waals surface area (Å²) in [6, 6.07) is 14.0. The van der Waals surface area contributed by atoms with Crippen molar-refractivity contribution in [3.05, 3.63) is 45.3 Å². The maximum atomic E-state index is 8.75. The van der Waals surface area contributed by atoms with Gasteiger partial charge in [0, 0.05) is 27.7 Å². The summed E-state index contributed by atoms with van der Waals surface area (Å²) in [5.74, 6) is 0. The van der Waals surface area contributed by atoms with Gasteiger partial charge < -0.3 is 4.90 Å². The number of thiazole rings is 1. The highest BCUT2D eigenvalue weighted by molar-refractivity contribution is 9.11. The molecular weight excluding hydrogens is 478 g/mol. The van der Waals surface area contributed by atoms with Crippen molar-refractivity contribution < 1.29 is 0 Å². The number of nitriles is 1. The molecule has 0 aliphatic carbocycles. The molecule has 1 heterocycles. The molecule has 0 bridgehead atoms. The second-order valence-corrected chi connectivity index (χ2v) is 8.21. The van der Waals surface area contributed by atoms with E-state index in [1.807, 2.05) is 36.4 Å². The molecule has 2 aromatic carbocycles. The summed E-state index contributed by atoms with van der Waals surface area (Å²) in [6.45, 7) is 3.66. The third-order valence-corrected chi connectivity index (χ3v) is 5.69. The lowest BCUT2D eigenvalue weighted by Gasteiger charge is -2.21. The van der Waals surface area contributed by atoms with Crippen molar-refractivity contribution in [2.24, 2.45) is 10.2 Å². The van der Waals surface area contributed by atoms with Gasteiger partial charge in [-0.2, -0.15) is 5.26 Å². The minimum absolute atomic E-state index is 0.512. The summed E-state index contributed by atoms with van der Waals surface area (Å²) in [5, 5.41) is 17.9. The number of azo groups is 1. The second-order valence-electron chi connectivity index (χ2n) is 5.43. The molecule has 0 fully saturated rings. The molecule has 0 atom stereocenters. The quantitative estimate of drug-likeness (QED) is 0.348. The summed E-state index contributed by atoms with van der Waals surface area (Å²) >= 11 is 8.50. The zero-order valence-electron chi connectivity index (χ0n) is 14.0. The van der Waals surface area contributed by atoms with E-state index in [1.54, 1.807) is 0 Å². The fourth-order valence-electron chi connectivity index (χ4n) is 2.47. The monoisotopic (exact) mass is 491 g/mol. The van der Waals surface area contributed by atoms with Crippen LogP contribution in [0.5, 0.6) is 0 Å². The van der Waals surface area contributed by atoms with Crippen LogP contribution in [0, 0.1) is 11.3 Å². The lowest BCUT2D eigenvalue weighted by molar-refractivity contribution is 0.827. The number of fused-ring (bicyclic) bond motifs is 1. The lowest BCUT2D eigenvalue weighted by Crippen LogP contribution is -2.23. The fourth-order valence-corrected chi connectivity index (χ4v) is 4.92. The highest BCUT2D eigenvalue weighted by Gasteiger charge is 2.08. The van der Waals surface area contributed by atoms with Gasteiger partial charge in [0.15, 0.2) is 0 Å². The summed E-state index contributed by atoms with van der Waals surface area (Å²) in [5.41, 5.74) is 2.73. The van der Waals surface area contributed by atoms with Gasteiger partial charge in [-0.1, -0.05) is 27.3 Å². The molecule has 3 rings (SSSR count). The number of rotatable bonds is 6. The molecule has 0 spiro atoms. The van der Waals surface area contributed by atoms with E-state index < -0.39 is 0 Å². The zero-order chi connectivity index (χ0) is 18.5. The molecule has 8 heteroatoms. The molecule has 1 aromatic heterocycles. The molecule has 132 valence electrons. The van der Waals surface area contributed by atoms with Gasteiger partial charge in [-0.3, -0.25) is 0 Å². The summed E-state index contributed by atoms with van der Waals surface area (Å²) in [4.78, 5) is 6.67. The zero-order valence-corrected chi connectivity index (χ0v) is 18.0. The van der Waals surface area contributed by atoms with Crippen LogP contribution < -0.4 is 4.90 Å². The third kappa shape index (κ3) is 4.47. The largest absolute Gasteiger partial charge is 0.371 e. The van der Waals surface area contributed by atoms with E-state index in [0.717, 1.165) is 43.6 Å². The first kappa shape index (κ1) is 19.0. The van der Waals surface area contributed by atoms with E-state index in [2.05, 4.69) is 65.0 Å². The van der Waals surface area contributed by atoms with Crippen LogP contribution in [0.25, 0.3) is 10.2 Å². The number of benzene rings is 2. The number of nitrogens with zero attached hydrogens (tertiary/aromatic N) is 5. The van der Waals surface area contributed by atoms with Crippen LogP contribution in [0.15, 0.2) is 55.6 Å². The Labute approximate surface area is 172 Å². The summed E-state index contributed by atoms with van der Waals surface area (Å²) in [7, 11) is 0. The van der Waals surface area contributed by atoms with Crippen LogP contribution in [0.1, 0.15) is 13.3 Å². The standard InChI is InChI=1S/C18H15Br2N5S/c1-2-25(9-3-8-21)14-6-4-13(5-7-14)23-24-18-22-17-15(20)10-12(19)11-16(17)26-18/h4-7,10-11H,2-3,9H2,1H3. The van der Waals surface area contributed by atoms with Gasteiger partial charge in [0.05, 0.1) is 28.4 Å². The van der Waals surface area contributed by atoms with Crippen molar-refractivity contribution in [1.82, 2.24) is 4.98 Å². The molecule has 0 aliphatic rings. The highest BCUT2D eigenvalue weighted by Crippen LogP contribution is 2.35. The van der Waals surface area contributed by atoms with E-state index in [-0.39, 0.29) is 0 Å². The predicted octanol–water partition coefficient (Wildman–Crippen LogP) is 6.98. The van der Waals surface area contributed by atoms with E-state index in [9.17, 15) is 0 Å². The Morgan fingerprint density at radius 1 is 1.19 bits per heavy atom.